The van der Waals surface area contributed by atoms with Gasteiger partial charge in [-0.3, -0.25) is 4.79 Å². The van der Waals surface area contributed by atoms with Crippen LogP contribution in [-0.2, 0) is 14.8 Å². The van der Waals surface area contributed by atoms with E-state index in [4.69, 9.17) is 4.52 Å². The number of aliphatic imine (C=N–C) groups is 1. The molecule has 9 heteroatoms. The van der Waals surface area contributed by atoms with Crippen molar-refractivity contribution in [2.45, 2.75) is 39.5 Å². The zero-order chi connectivity index (χ0) is 25.3. The van der Waals surface area contributed by atoms with Gasteiger partial charge in [0.2, 0.25) is 0 Å². The highest BCUT2D eigenvalue weighted by Gasteiger charge is 2.26. The molecular weight excluding hydrogens is 454 g/mol. The van der Waals surface area contributed by atoms with Crippen LogP contribution in [0.4, 0.5) is 5.82 Å². The summed E-state index contributed by atoms with van der Waals surface area (Å²) in [6.45, 7) is 11.9. The number of allylic oxidation sites excluding steroid dienone is 1. The van der Waals surface area contributed by atoms with Crippen molar-refractivity contribution in [3.8, 4) is 11.8 Å². The molecule has 176 valence electrons. The third-order valence-corrected chi connectivity index (χ3v) is 6.93. The fraction of sp³-hybridized carbons (Fsp3) is 0.240. The molecule has 0 atom stereocenters. The van der Waals surface area contributed by atoms with Crippen molar-refractivity contribution < 1.29 is 22.8 Å². The largest absolute Gasteiger partial charge is 0.480 e. The minimum Gasteiger partial charge on any atom is -0.480 e. The molecule has 1 N–H and O–H groups in total. The van der Waals surface area contributed by atoms with Crippen LogP contribution in [0.15, 0.2) is 50.9 Å². The van der Waals surface area contributed by atoms with Gasteiger partial charge in [-0.05, 0) is 65.1 Å². The topological polar surface area (TPSA) is 115 Å². The van der Waals surface area contributed by atoms with Crippen molar-refractivity contribution in [2.24, 2.45) is 10.4 Å². The molecule has 34 heavy (non-hydrogen) atoms. The summed E-state index contributed by atoms with van der Waals surface area (Å²) in [6.07, 6.45) is 3.06. The number of benzene rings is 1. The highest BCUT2D eigenvalue weighted by Crippen LogP contribution is 2.34. The van der Waals surface area contributed by atoms with E-state index in [1.807, 2.05) is 6.92 Å². The van der Waals surface area contributed by atoms with E-state index in [2.05, 4.69) is 28.7 Å². The summed E-state index contributed by atoms with van der Waals surface area (Å²) in [5.41, 5.74) is 1.54. The highest BCUT2D eigenvalue weighted by atomic mass is 32.2. The molecule has 1 aromatic carbocycles. The second-order valence-electron chi connectivity index (χ2n) is 8.26. The Morgan fingerprint density at radius 1 is 1.26 bits per heavy atom. The molecule has 0 fully saturated rings. The summed E-state index contributed by atoms with van der Waals surface area (Å²) in [6, 6.07) is 7.91. The minimum absolute atomic E-state index is 0.0624. The first-order valence-corrected chi connectivity index (χ1v) is 11.7. The molecule has 0 spiro atoms. The van der Waals surface area contributed by atoms with Crippen molar-refractivity contribution in [2.75, 3.05) is 0 Å². The fourth-order valence-electron chi connectivity index (χ4n) is 3.38. The van der Waals surface area contributed by atoms with Crippen molar-refractivity contribution in [3.63, 3.8) is 0 Å². The number of hydrogen-bond acceptors (Lipinski definition) is 6. The van der Waals surface area contributed by atoms with E-state index in [0.717, 1.165) is 15.1 Å². The number of hydrogen-bond donors (Lipinski definition) is 1. The highest BCUT2D eigenvalue weighted by molar-refractivity contribution is 7.90. The van der Waals surface area contributed by atoms with E-state index >= 15 is 0 Å². The van der Waals surface area contributed by atoms with Gasteiger partial charge in [-0.1, -0.05) is 35.2 Å². The van der Waals surface area contributed by atoms with Crippen LogP contribution in [0.3, 0.4) is 0 Å². The first-order valence-electron chi connectivity index (χ1n) is 10.3. The maximum atomic E-state index is 13.4. The molecule has 0 unspecified atom stereocenters. The predicted octanol–water partition coefficient (Wildman–Crippen LogP) is 4.68. The molecule has 0 amide bonds. The van der Waals surface area contributed by atoms with Crippen molar-refractivity contribution in [1.82, 2.24) is 9.13 Å². The van der Waals surface area contributed by atoms with E-state index in [1.54, 1.807) is 38.1 Å². The lowest BCUT2D eigenvalue weighted by molar-refractivity contribution is -0.143. The van der Waals surface area contributed by atoms with Gasteiger partial charge in [0.1, 0.15) is 11.2 Å². The molecular formula is C25H25N3O5S. The number of aryl methyl sites for hydroxylation is 2. The maximum Gasteiger partial charge on any atom is 0.321 e. The monoisotopic (exact) mass is 479 g/mol. The van der Waals surface area contributed by atoms with Gasteiger partial charge in [0.05, 0.1) is 16.2 Å². The summed E-state index contributed by atoms with van der Waals surface area (Å²) < 4.78 is 33.1. The Hall–Kier alpha value is -3.90. The Morgan fingerprint density at radius 2 is 1.91 bits per heavy atom. The number of aliphatic carboxylic acids is 1. The van der Waals surface area contributed by atoms with Crippen molar-refractivity contribution >= 4 is 40.2 Å². The van der Waals surface area contributed by atoms with E-state index in [1.165, 1.54) is 32.2 Å². The average Bonchev–Trinajstić information content (AvgIpc) is 3.32. The molecule has 0 saturated heterocycles. The summed E-state index contributed by atoms with van der Waals surface area (Å²) in [5.74, 6) is 5.14. The van der Waals surface area contributed by atoms with Gasteiger partial charge in [0.15, 0.2) is 5.82 Å². The van der Waals surface area contributed by atoms with Crippen LogP contribution >= 0.6 is 0 Å². The summed E-state index contributed by atoms with van der Waals surface area (Å²) >= 11 is 0. The van der Waals surface area contributed by atoms with Gasteiger partial charge >= 0.3 is 5.97 Å². The van der Waals surface area contributed by atoms with E-state index < -0.39 is 21.4 Å². The van der Waals surface area contributed by atoms with Crippen LogP contribution in [0.25, 0.3) is 11.6 Å². The van der Waals surface area contributed by atoms with E-state index in [0.29, 0.717) is 22.6 Å². The summed E-state index contributed by atoms with van der Waals surface area (Å²) in [7, 11) is -4.02. The second-order valence-corrected chi connectivity index (χ2v) is 10.1. The van der Waals surface area contributed by atoms with Gasteiger partial charge in [-0.15, -0.1) is 0 Å². The molecule has 2 heterocycles. The van der Waals surface area contributed by atoms with Crippen LogP contribution < -0.4 is 0 Å². The normalized spacial score (nSPS) is 12.2. The Kier molecular flexibility index (Phi) is 6.66. The van der Waals surface area contributed by atoms with Crippen molar-refractivity contribution in [3.05, 3.63) is 64.7 Å². The molecule has 0 aliphatic heterocycles. The summed E-state index contributed by atoms with van der Waals surface area (Å²) in [4.78, 5) is 15.6. The number of carbonyl (C=O) groups is 1. The van der Waals surface area contributed by atoms with Crippen LogP contribution in [0, 0.1) is 31.1 Å². The number of carboxylic acid groups (broad SMARTS) is 1. The van der Waals surface area contributed by atoms with Crippen LogP contribution in [-0.4, -0.2) is 35.3 Å². The Bertz CT molecular complexity index is 1440. The van der Waals surface area contributed by atoms with Gasteiger partial charge in [0.25, 0.3) is 10.0 Å². The summed E-state index contributed by atoms with van der Waals surface area (Å²) in [5, 5.41) is 13.4. The first-order chi connectivity index (χ1) is 15.9. The first kappa shape index (κ1) is 24.7. The quantitative estimate of drug-likeness (QED) is 0.405. The molecule has 8 nitrogen and oxygen atoms in total. The molecule has 2 aromatic heterocycles. The standard InChI is InChI=1S/C25H25N3O5S/c1-16(22-17(2)27-33-18(22)3)14-21-19(12-13-25(4,5)24(29)30)15-28(23(21)26-6)34(31,32)20-10-8-7-9-11-20/h7-11,14-15H,6H2,1-5H3,(H,29,30)/b16-14+. The van der Waals surface area contributed by atoms with Gasteiger partial charge in [-0.2, -0.15) is 0 Å². The Balaban J connectivity index is 2.32. The number of aromatic nitrogens is 2. The lowest BCUT2D eigenvalue weighted by Gasteiger charge is -2.09. The van der Waals surface area contributed by atoms with E-state index in [-0.39, 0.29) is 10.7 Å². The fourth-order valence-corrected chi connectivity index (χ4v) is 4.74. The molecule has 0 saturated carbocycles. The smallest absolute Gasteiger partial charge is 0.321 e. The second kappa shape index (κ2) is 9.15. The number of carboxylic acids is 1. The lowest BCUT2D eigenvalue weighted by Crippen LogP contribution is -2.21. The zero-order valence-electron chi connectivity index (χ0n) is 19.6. The van der Waals surface area contributed by atoms with Gasteiger partial charge in [0, 0.05) is 17.3 Å². The number of nitrogens with zero attached hydrogens (tertiary/aromatic N) is 3. The van der Waals surface area contributed by atoms with Crippen LogP contribution in [0.2, 0.25) is 0 Å². The third-order valence-electron chi connectivity index (χ3n) is 5.27. The van der Waals surface area contributed by atoms with Crippen molar-refractivity contribution in [1.29, 1.82) is 0 Å². The van der Waals surface area contributed by atoms with Crippen LogP contribution in [0.5, 0.6) is 0 Å². The number of rotatable bonds is 6. The van der Waals surface area contributed by atoms with E-state index in [9.17, 15) is 18.3 Å². The SMILES string of the molecule is C=Nc1c(/C=C(\C)c2c(C)noc2C)c(C#CC(C)(C)C(=O)O)cn1S(=O)(=O)c1ccccc1. The Labute approximate surface area is 198 Å². The molecule has 3 rings (SSSR count). The third kappa shape index (κ3) is 4.58. The predicted molar refractivity (Wildman–Crippen MR) is 130 cm³/mol. The molecule has 3 aromatic rings. The van der Waals surface area contributed by atoms with Gasteiger partial charge in [-0.25, -0.2) is 17.4 Å². The maximum absolute atomic E-state index is 13.4. The van der Waals surface area contributed by atoms with Crippen LogP contribution in [0.1, 0.15) is 48.9 Å². The Morgan fingerprint density at radius 3 is 2.44 bits per heavy atom. The molecule has 0 aliphatic rings. The molecule has 0 bridgehead atoms. The minimum atomic E-state index is -4.02. The molecule has 0 radical (unpaired) electrons. The zero-order valence-corrected chi connectivity index (χ0v) is 20.4. The lowest BCUT2D eigenvalue weighted by atomic mass is 9.94. The average molecular weight is 480 g/mol. The van der Waals surface area contributed by atoms with Gasteiger partial charge < -0.3 is 9.63 Å². The molecule has 0 aliphatic carbocycles.